The number of rotatable bonds is 7. The van der Waals surface area contributed by atoms with Gasteiger partial charge < -0.3 is 15.2 Å². The Hall–Kier alpha value is -0.120. The largest absolute Gasteiger partial charge is 0.396 e. The Kier molecular flexibility index (Phi) is 5.27. The zero-order chi connectivity index (χ0) is 13.9. The van der Waals surface area contributed by atoms with Gasteiger partial charge in [0.25, 0.3) is 0 Å². The van der Waals surface area contributed by atoms with Crippen LogP contribution in [0.2, 0.25) is 0 Å². The predicted molar refractivity (Wildman–Crippen MR) is 78.2 cm³/mol. The highest BCUT2D eigenvalue weighted by Crippen LogP contribution is 2.55. The number of hydrogen-bond donors (Lipinski definition) is 2. The average molecular weight is 269 g/mol. The fraction of sp³-hybridized carbons (Fsp3) is 1.00. The number of hydrogen-bond acceptors (Lipinski definition) is 3. The standard InChI is InChI=1S/C16H31NO2/c1-4-19-15-11-14(16(15)8-5-6-9-16)17-13(7-10-18)12(2)3/h12-15,17-18H,4-11H2,1-3H3. The monoisotopic (exact) mass is 269 g/mol. The SMILES string of the molecule is CCOC1CC(NC(CCO)C(C)C)C12CCCC2. The molecule has 3 nitrogen and oxygen atoms in total. The molecule has 2 fully saturated rings. The Bertz CT molecular complexity index is 274. The van der Waals surface area contributed by atoms with Crippen LogP contribution in [0.4, 0.5) is 0 Å². The first-order valence-electron chi connectivity index (χ1n) is 8.12. The Morgan fingerprint density at radius 3 is 2.53 bits per heavy atom. The molecule has 0 aromatic heterocycles. The van der Waals surface area contributed by atoms with Gasteiger partial charge in [0, 0.05) is 30.7 Å². The first kappa shape index (κ1) is 15.3. The maximum Gasteiger partial charge on any atom is 0.0661 e. The van der Waals surface area contributed by atoms with Gasteiger partial charge in [-0.25, -0.2) is 0 Å². The lowest BCUT2D eigenvalue weighted by atomic mass is 9.60. The van der Waals surface area contributed by atoms with Crippen LogP contribution in [0.15, 0.2) is 0 Å². The van der Waals surface area contributed by atoms with E-state index in [1.807, 2.05) is 0 Å². The van der Waals surface area contributed by atoms with E-state index in [0.29, 0.717) is 29.5 Å². The van der Waals surface area contributed by atoms with Crippen LogP contribution in [-0.2, 0) is 4.74 Å². The van der Waals surface area contributed by atoms with Gasteiger partial charge in [-0.15, -0.1) is 0 Å². The molecule has 0 heterocycles. The molecule has 3 atom stereocenters. The molecule has 3 heteroatoms. The Morgan fingerprint density at radius 1 is 1.32 bits per heavy atom. The van der Waals surface area contributed by atoms with E-state index < -0.39 is 0 Å². The van der Waals surface area contributed by atoms with Crippen molar-refractivity contribution in [1.82, 2.24) is 5.32 Å². The van der Waals surface area contributed by atoms with Crippen molar-refractivity contribution in [3.05, 3.63) is 0 Å². The quantitative estimate of drug-likeness (QED) is 0.746. The Morgan fingerprint density at radius 2 is 2.00 bits per heavy atom. The minimum Gasteiger partial charge on any atom is -0.396 e. The molecule has 3 unspecified atom stereocenters. The van der Waals surface area contributed by atoms with E-state index >= 15 is 0 Å². The van der Waals surface area contributed by atoms with E-state index in [1.54, 1.807) is 0 Å². The highest BCUT2D eigenvalue weighted by atomic mass is 16.5. The molecule has 1 spiro atoms. The van der Waals surface area contributed by atoms with Crippen LogP contribution in [0.5, 0.6) is 0 Å². The van der Waals surface area contributed by atoms with Gasteiger partial charge in [-0.2, -0.15) is 0 Å². The van der Waals surface area contributed by atoms with Gasteiger partial charge in [-0.1, -0.05) is 26.7 Å². The molecule has 112 valence electrons. The summed E-state index contributed by atoms with van der Waals surface area (Å²) in [5.74, 6) is 0.580. The lowest BCUT2D eigenvalue weighted by molar-refractivity contribution is -0.134. The third-order valence-corrected chi connectivity index (χ3v) is 5.35. The minimum absolute atomic E-state index is 0.282. The summed E-state index contributed by atoms with van der Waals surface area (Å²) in [7, 11) is 0. The summed E-state index contributed by atoms with van der Waals surface area (Å²) in [4.78, 5) is 0. The second-order valence-corrected chi connectivity index (χ2v) is 6.70. The van der Waals surface area contributed by atoms with Crippen molar-refractivity contribution in [3.8, 4) is 0 Å². The third kappa shape index (κ3) is 2.98. The van der Waals surface area contributed by atoms with Crippen LogP contribution >= 0.6 is 0 Å². The molecule has 0 aromatic rings. The summed E-state index contributed by atoms with van der Waals surface area (Å²) in [5.41, 5.74) is 0.401. The fourth-order valence-corrected chi connectivity index (χ4v) is 4.13. The van der Waals surface area contributed by atoms with E-state index in [2.05, 4.69) is 26.1 Å². The highest BCUT2D eigenvalue weighted by Gasteiger charge is 2.56. The van der Waals surface area contributed by atoms with Crippen LogP contribution in [0.1, 0.15) is 59.3 Å². The third-order valence-electron chi connectivity index (χ3n) is 5.35. The van der Waals surface area contributed by atoms with Crippen molar-refractivity contribution >= 4 is 0 Å². The highest BCUT2D eigenvalue weighted by molar-refractivity contribution is 5.10. The second-order valence-electron chi connectivity index (χ2n) is 6.70. The summed E-state index contributed by atoms with van der Waals surface area (Å²) in [5, 5.41) is 13.1. The summed E-state index contributed by atoms with van der Waals surface area (Å²) >= 11 is 0. The molecule has 2 N–H and O–H groups in total. The van der Waals surface area contributed by atoms with E-state index in [4.69, 9.17) is 4.74 Å². The molecule has 0 aromatic carbocycles. The first-order valence-corrected chi connectivity index (χ1v) is 8.12. The number of aliphatic hydroxyl groups excluding tert-OH is 1. The predicted octanol–water partition coefficient (Wildman–Crippen LogP) is 2.72. The van der Waals surface area contributed by atoms with Crippen molar-refractivity contribution in [3.63, 3.8) is 0 Å². The number of aliphatic hydroxyl groups is 1. The average Bonchev–Trinajstić information content (AvgIpc) is 2.88. The van der Waals surface area contributed by atoms with Crippen molar-refractivity contribution in [2.75, 3.05) is 13.2 Å². The van der Waals surface area contributed by atoms with E-state index in [1.165, 1.54) is 25.7 Å². The molecule has 0 amide bonds. The first-order chi connectivity index (χ1) is 9.14. The van der Waals surface area contributed by atoms with Crippen molar-refractivity contribution in [2.24, 2.45) is 11.3 Å². The maximum atomic E-state index is 9.22. The smallest absolute Gasteiger partial charge is 0.0661 e. The van der Waals surface area contributed by atoms with Gasteiger partial charge in [0.05, 0.1) is 6.10 Å². The molecule has 2 aliphatic rings. The number of nitrogens with one attached hydrogen (secondary N) is 1. The molecular formula is C16H31NO2. The molecule has 0 bridgehead atoms. The van der Waals surface area contributed by atoms with Crippen LogP contribution in [0.3, 0.4) is 0 Å². The van der Waals surface area contributed by atoms with Gasteiger partial charge >= 0.3 is 0 Å². The summed E-state index contributed by atoms with van der Waals surface area (Å²) in [6.45, 7) is 7.71. The lowest BCUT2D eigenvalue weighted by Crippen LogP contribution is -2.65. The van der Waals surface area contributed by atoms with Crippen LogP contribution in [0, 0.1) is 11.3 Å². The normalized spacial score (nSPS) is 30.8. The molecule has 19 heavy (non-hydrogen) atoms. The van der Waals surface area contributed by atoms with Gasteiger partial charge in [-0.05, 0) is 38.5 Å². The second kappa shape index (κ2) is 6.55. The molecule has 0 radical (unpaired) electrons. The van der Waals surface area contributed by atoms with Gasteiger partial charge in [0.1, 0.15) is 0 Å². The van der Waals surface area contributed by atoms with Crippen LogP contribution < -0.4 is 5.32 Å². The van der Waals surface area contributed by atoms with Crippen molar-refractivity contribution in [1.29, 1.82) is 0 Å². The van der Waals surface area contributed by atoms with Gasteiger partial charge in [0.15, 0.2) is 0 Å². The van der Waals surface area contributed by atoms with E-state index in [0.717, 1.165) is 19.4 Å². The number of ether oxygens (including phenoxy) is 1. The van der Waals surface area contributed by atoms with Crippen LogP contribution in [-0.4, -0.2) is 36.5 Å². The Labute approximate surface area is 118 Å². The van der Waals surface area contributed by atoms with E-state index in [9.17, 15) is 5.11 Å². The summed E-state index contributed by atoms with van der Waals surface area (Å²) in [6, 6.07) is 1.04. The molecule has 0 aliphatic heterocycles. The minimum atomic E-state index is 0.282. The van der Waals surface area contributed by atoms with Crippen LogP contribution in [0.25, 0.3) is 0 Å². The fourth-order valence-electron chi connectivity index (χ4n) is 4.13. The molecule has 0 saturated heterocycles. The molecule has 2 saturated carbocycles. The molecular weight excluding hydrogens is 238 g/mol. The zero-order valence-corrected chi connectivity index (χ0v) is 12.8. The van der Waals surface area contributed by atoms with Crippen molar-refractivity contribution < 1.29 is 9.84 Å². The Balaban J connectivity index is 1.96. The molecule has 2 rings (SSSR count). The maximum absolute atomic E-state index is 9.22. The summed E-state index contributed by atoms with van der Waals surface area (Å²) < 4.78 is 5.96. The van der Waals surface area contributed by atoms with Crippen molar-refractivity contribution in [2.45, 2.75) is 77.5 Å². The lowest BCUT2D eigenvalue weighted by Gasteiger charge is -2.55. The topological polar surface area (TPSA) is 41.5 Å². The van der Waals surface area contributed by atoms with E-state index in [-0.39, 0.29) is 6.61 Å². The van der Waals surface area contributed by atoms with Gasteiger partial charge in [-0.3, -0.25) is 0 Å². The van der Waals surface area contributed by atoms with Gasteiger partial charge in [0.2, 0.25) is 0 Å². The molecule has 2 aliphatic carbocycles. The summed E-state index contributed by atoms with van der Waals surface area (Å²) in [6.07, 6.45) is 7.84. The zero-order valence-electron chi connectivity index (χ0n) is 12.8.